The van der Waals surface area contributed by atoms with Crippen molar-refractivity contribution in [3.05, 3.63) is 58.7 Å². The van der Waals surface area contributed by atoms with Crippen LogP contribution in [0.25, 0.3) is 0 Å². The lowest BCUT2D eigenvalue weighted by molar-refractivity contribution is -0.114. The number of nitrogens with zero attached hydrogens (tertiary/aromatic N) is 1. The van der Waals surface area contributed by atoms with Crippen LogP contribution in [-0.2, 0) is 15.6 Å². The molecule has 6 heteroatoms. The molecule has 2 amide bonds. The van der Waals surface area contributed by atoms with Gasteiger partial charge in [0.1, 0.15) is 5.75 Å². The lowest BCUT2D eigenvalue weighted by Gasteiger charge is -2.27. The molecule has 3 N–H and O–H groups in total. The highest BCUT2D eigenvalue weighted by Gasteiger charge is 2.26. The summed E-state index contributed by atoms with van der Waals surface area (Å²) in [6.07, 6.45) is 1.58. The second-order valence-corrected chi connectivity index (χ2v) is 9.42. The van der Waals surface area contributed by atoms with E-state index in [1.165, 1.54) is 6.92 Å². The summed E-state index contributed by atoms with van der Waals surface area (Å²) in [5.74, 6) is -0.225. The molecule has 2 rings (SSSR count). The topological polar surface area (TPSA) is 90.8 Å². The van der Waals surface area contributed by atoms with E-state index in [4.69, 9.17) is 0 Å². The van der Waals surface area contributed by atoms with E-state index < -0.39 is 0 Å². The van der Waals surface area contributed by atoms with Gasteiger partial charge >= 0.3 is 0 Å². The Morgan fingerprint density at radius 3 is 1.87 bits per heavy atom. The molecule has 2 aromatic carbocycles. The Balaban J connectivity index is 2.23. The highest BCUT2D eigenvalue weighted by Crippen LogP contribution is 2.39. The van der Waals surface area contributed by atoms with E-state index in [0.29, 0.717) is 17.0 Å². The Morgan fingerprint density at radius 1 is 0.933 bits per heavy atom. The van der Waals surface area contributed by atoms with Gasteiger partial charge in [-0.3, -0.25) is 9.59 Å². The Labute approximate surface area is 178 Å². The maximum atomic E-state index is 12.3. The van der Waals surface area contributed by atoms with E-state index in [2.05, 4.69) is 15.8 Å². The minimum Gasteiger partial charge on any atom is -0.507 e. The fraction of sp³-hybridized carbons (Fsp3) is 0.375. The van der Waals surface area contributed by atoms with Gasteiger partial charge in [-0.25, -0.2) is 5.43 Å². The Kier molecular flexibility index (Phi) is 6.70. The molecule has 2 aromatic rings. The van der Waals surface area contributed by atoms with Crippen molar-refractivity contribution in [2.45, 2.75) is 59.3 Å². The molecule has 0 aliphatic rings. The maximum absolute atomic E-state index is 12.3. The van der Waals surface area contributed by atoms with Crippen LogP contribution in [0, 0.1) is 0 Å². The predicted molar refractivity (Wildman–Crippen MR) is 121 cm³/mol. The van der Waals surface area contributed by atoms with Gasteiger partial charge in [0.15, 0.2) is 0 Å². The highest BCUT2D eigenvalue weighted by atomic mass is 16.3. The second-order valence-electron chi connectivity index (χ2n) is 9.42. The number of hydrogen-bond acceptors (Lipinski definition) is 4. The molecule has 160 valence electrons. The number of phenols is 1. The van der Waals surface area contributed by atoms with Crippen molar-refractivity contribution >= 4 is 23.7 Å². The van der Waals surface area contributed by atoms with Crippen molar-refractivity contribution in [1.29, 1.82) is 0 Å². The third-order valence-electron chi connectivity index (χ3n) is 4.60. The fourth-order valence-corrected chi connectivity index (χ4v) is 3.01. The molecule has 0 saturated carbocycles. The number of rotatable bonds is 4. The Morgan fingerprint density at radius 2 is 1.43 bits per heavy atom. The van der Waals surface area contributed by atoms with E-state index in [9.17, 15) is 14.7 Å². The number of aromatic hydroxyl groups is 1. The van der Waals surface area contributed by atoms with E-state index in [1.54, 1.807) is 30.5 Å². The van der Waals surface area contributed by atoms with Crippen LogP contribution in [0.2, 0.25) is 0 Å². The molecule has 0 bridgehead atoms. The summed E-state index contributed by atoms with van der Waals surface area (Å²) in [4.78, 5) is 23.4. The number of hydrazone groups is 1. The molecule has 0 spiro atoms. The molecular weight excluding hydrogens is 378 g/mol. The summed E-state index contributed by atoms with van der Waals surface area (Å²) in [5, 5.41) is 17.5. The summed E-state index contributed by atoms with van der Waals surface area (Å²) >= 11 is 0. The molecule has 0 atom stereocenters. The SMILES string of the molecule is CC(=O)Nc1ccc(C(=O)N/N=C/c2cc(C(C)(C)C)c(O)c(C(C)(C)C)c2)cc1. The molecular formula is C24H31N3O3. The van der Waals surface area contributed by atoms with Gasteiger partial charge in [0, 0.05) is 29.3 Å². The summed E-state index contributed by atoms with van der Waals surface area (Å²) in [5.41, 5.74) is 5.54. The number of nitrogens with one attached hydrogen (secondary N) is 2. The van der Waals surface area contributed by atoms with E-state index >= 15 is 0 Å². The zero-order valence-electron chi connectivity index (χ0n) is 18.8. The van der Waals surface area contributed by atoms with Gasteiger partial charge in [0.05, 0.1) is 6.21 Å². The molecule has 30 heavy (non-hydrogen) atoms. The summed E-state index contributed by atoms with van der Waals surface area (Å²) in [6.45, 7) is 13.7. The van der Waals surface area contributed by atoms with Crippen molar-refractivity contribution in [3.63, 3.8) is 0 Å². The monoisotopic (exact) mass is 409 g/mol. The first-order chi connectivity index (χ1) is 13.8. The highest BCUT2D eigenvalue weighted by molar-refractivity contribution is 5.96. The first kappa shape index (κ1) is 23.1. The van der Waals surface area contributed by atoms with Crippen molar-refractivity contribution in [2.75, 3.05) is 5.32 Å². The van der Waals surface area contributed by atoms with E-state index in [-0.39, 0.29) is 22.6 Å². The largest absolute Gasteiger partial charge is 0.507 e. The quantitative estimate of drug-likeness (QED) is 0.504. The average molecular weight is 410 g/mol. The molecule has 0 aliphatic carbocycles. The number of hydrogen-bond donors (Lipinski definition) is 3. The number of benzene rings is 2. The predicted octanol–water partition coefficient (Wildman–Crippen LogP) is 4.71. The smallest absolute Gasteiger partial charge is 0.271 e. The van der Waals surface area contributed by atoms with Crippen molar-refractivity contribution in [3.8, 4) is 5.75 Å². The zero-order valence-corrected chi connectivity index (χ0v) is 18.8. The fourth-order valence-electron chi connectivity index (χ4n) is 3.01. The first-order valence-corrected chi connectivity index (χ1v) is 9.88. The Bertz CT molecular complexity index is 928. The molecule has 0 fully saturated rings. The number of phenolic OH excluding ortho intramolecular Hbond substituents is 1. The molecule has 0 radical (unpaired) electrons. The van der Waals surface area contributed by atoms with Crippen LogP contribution in [0.4, 0.5) is 5.69 Å². The van der Waals surface area contributed by atoms with Crippen LogP contribution in [0.1, 0.15) is 75.5 Å². The number of carbonyl (C=O) groups excluding carboxylic acids is 2. The van der Waals surface area contributed by atoms with Crippen LogP contribution >= 0.6 is 0 Å². The lowest BCUT2D eigenvalue weighted by atomic mass is 9.78. The van der Waals surface area contributed by atoms with Crippen LogP contribution in [-0.4, -0.2) is 23.1 Å². The van der Waals surface area contributed by atoms with Gasteiger partial charge in [-0.05, 0) is 52.8 Å². The maximum Gasteiger partial charge on any atom is 0.271 e. The Hall–Kier alpha value is -3.15. The third kappa shape index (κ3) is 5.92. The molecule has 0 unspecified atom stereocenters. The molecule has 0 aliphatic heterocycles. The van der Waals surface area contributed by atoms with Gasteiger partial charge in [-0.15, -0.1) is 0 Å². The van der Waals surface area contributed by atoms with E-state index in [0.717, 1.165) is 16.7 Å². The molecule has 0 saturated heterocycles. The number of carbonyl (C=O) groups is 2. The molecule has 0 heterocycles. The van der Waals surface area contributed by atoms with Gasteiger partial charge in [0.25, 0.3) is 5.91 Å². The molecule has 6 nitrogen and oxygen atoms in total. The van der Waals surface area contributed by atoms with Crippen molar-refractivity contribution in [1.82, 2.24) is 5.43 Å². The summed E-state index contributed by atoms with van der Waals surface area (Å²) < 4.78 is 0. The lowest BCUT2D eigenvalue weighted by Crippen LogP contribution is -2.19. The zero-order chi connectivity index (χ0) is 22.7. The van der Waals surface area contributed by atoms with E-state index in [1.807, 2.05) is 53.7 Å². The van der Waals surface area contributed by atoms with Gasteiger partial charge < -0.3 is 10.4 Å². The van der Waals surface area contributed by atoms with Crippen molar-refractivity contribution in [2.24, 2.45) is 5.10 Å². The van der Waals surface area contributed by atoms with Crippen LogP contribution in [0.15, 0.2) is 41.5 Å². The number of anilines is 1. The molecule has 0 aromatic heterocycles. The second kappa shape index (κ2) is 8.69. The van der Waals surface area contributed by atoms with Gasteiger partial charge in [-0.1, -0.05) is 41.5 Å². The van der Waals surface area contributed by atoms with Crippen LogP contribution in [0.3, 0.4) is 0 Å². The normalized spacial score (nSPS) is 12.1. The number of amides is 2. The minimum absolute atomic E-state index is 0.171. The summed E-state index contributed by atoms with van der Waals surface area (Å²) in [6, 6.07) is 10.3. The summed E-state index contributed by atoms with van der Waals surface area (Å²) in [7, 11) is 0. The van der Waals surface area contributed by atoms with Gasteiger partial charge in [0.2, 0.25) is 5.91 Å². The first-order valence-electron chi connectivity index (χ1n) is 9.88. The third-order valence-corrected chi connectivity index (χ3v) is 4.60. The van der Waals surface area contributed by atoms with Crippen molar-refractivity contribution < 1.29 is 14.7 Å². The average Bonchev–Trinajstić information content (AvgIpc) is 2.61. The minimum atomic E-state index is -0.355. The van der Waals surface area contributed by atoms with Crippen LogP contribution in [0.5, 0.6) is 5.75 Å². The van der Waals surface area contributed by atoms with Crippen LogP contribution < -0.4 is 10.7 Å². The standard InChI is InChI=1S/C24H31N3O3/c1-15(28)26-18-10-8-17(9-11-18)22(30)27-25-14-16-12-19(23(2,3)4)21(29)20(13-16)24(5,6)7/h8-14,29H,1-7H3,(H,26,28)(H,27,30)/b25-14+. The van der Waals surface area contributed by atoms with Gasteiger partial charge in [-0.2, -0.15) is 5.10 Å².